The molecule has 1 atom stereocenters. The SMILES string of the molecule is CCCc1cc(C(=O)N2CCC[C@H](C(=O)c3cccc4ccccc34)C2)n(C)n1. The van der Waals surface area contributed by atoms with Crippen LogP contribution in [-0.4, -0.2) is 39.5 Å². The highest BCUT2D eigenvalue weighted by atomic mass is 16.2. The Balaban J connectivity index is 1.55. The summed E-state index contributed by atoms with van der Waals surface area (Å²) in [6.07, 6.45) is 3.52. The second kappa shape index (κ2) is 8.19. The van der Waals surface area contributed by atoms with E-state index in [1.54, 1.807) is 4.68 Å². The Labute approximate surface area is 171 Å². The number of hydrogen-bond acceptors (Lipinski definition) is 3. The van der Waals surface area contributed by atoms with E-state index in [1.165, 1.54) is 0 Å². The first-order valence-electron chi connectivity index (χ1n) is 10.4. The Kier molecular flexibility index (Phi) is 5.47. The number of benzene rings is 2. The Morgan fingerprint density at radius 3 is 2.76 bits per heavy atom. The van der Waals surface area contributed by atoms with Gasteiger partial charge in [0, 0.05) is 31.6 Å². The number of aromatic nitrogens is 2. The fourth-order valence-electron chi connectivity index (χ4n) is 4.30. The number of ketones is 1. The summed E-state index contributed by atoms with van der Waals surface area (Å²) in [4.78, 5) is 28.3. The summed E-state index contributed by atoms with van der Waals surface area (Å²) in [5.41, 5.74) is 2.30. The molecule has 1 amide bonds. The molecule has 3 aromatic rings. The molecule has 1 saturated heterocycles. The van der Waals surface area contributed by atoms with Gasteiger partial charge in [0.05, 0.1) is 5.69 Å². The van der Waals surface area contributed by atoms with Gasteiger partial charge in [0.2, 0.25) is 0 Å². The lowest BCUT2D eigenvalue weighted by Crippen LogP contribution is -2.43. The standard InChI is InChI=1S/C24H27N3O2/c1-3-8-19-15-22(26(2)25-19)24(29)27-14-7-11-18(16-27)23(28)21-13-6-10-17-9-4-5-12-20(17)21/h4-6,9-10,12-13,15,18H,3,7-8,11,14,16H2,1-2H3/t18-/m0/s1. The average Bonchev–Trinajstić information content (AvgIpc) is 3.12. The van der Waals surface area contributed by atoms with Gasteiger partial charge in [-0.05, 0) is 36.1 Å². The normalized spacial score (nSPS) is 16.9. The summed E-state index contributed by atoms with van der Waals surface area (Å²) in [6.45, 7) is 3.26. The molecule has 1 aliphatic heterocycles. The fourth-order valence-corrected chi connectivity index (χ4v) is 4.30. The van der Waals surface area contributed by atoms with Crippen molar-refractivity contribution in [3.63, 3.8) is 0 Å². The van der Waals surface area contributed by atoms with Crippen LogP contribution in [-0.2, 0) is 13.5 Å². The maximum Gasteiger partial charge on any atom is 0.272 e. The van der Waals surface area contributed by atoms with Crippen LogP contribution in [0.1, 0.15) is 52.7 Å². The molecule has 4 rings (SSSR count). The lowest BCUT2D eigenvalue weighted by molar-refractivity contribution is 0.0628. The van der Waals surface area contributed by atoms with Crippen LogP contribution in [0, 0.1) is 5.92 Å². The molecule has 0 radical (unpaired) electrons. The smallest absolute Gasteiger partial charge is 0.272 e. The summed E-state index contributed by atoms with van der Waals surface area (Å²) in [5.74, 6) is -0.0596. The van der Waals surface area contributed by atoms with E-state index in [0.29, 0.717) is 18.8 Å². The molecular weight excluding hydrogens is 362 g/mol. The van der Waals surface area contributed by atoms with E-state index in [0.717, 1.165) is 47.7 Å². The molecule has 29 heavy (non-hydrogen) atoms. The van der Waals surface area contributed by atoms with E-state index >= 15 is 0 Å². The van der Waals surface area contributed by atoms with E-state index in [4.69, 9.17) is 0 Å². The number of nitrogens with zero attached hydrogens (tertiary/aromatic N) is 3. The van der Waals surface area contributed by atoms with Crippen LogP contribution in [0.5, 0.6) is 0 Å². The number of carbonyl (C=O) groups is 2. The number of rotatable bonds is 5. The van der Waals surface area contributed by atoms with Crippen LogP contribution in [0.25, 0.3) is 10.8 Å². The zero-order valence-corrected chi connectivity index (χ0v) is 17.1. The summed E-state index contributed by atoms with van der Waals surface area (Å²) in [6, 6.07) is 15.7. The molecule has 0 N–H and O–H groups in total. The number of carbonyl (C=O) groups excluding carboxylic acids is 2. The maximum absolute atomic E-state index is 13.3. The minimum atomic E-state index is -0.165. The molecule has 1 aliphatic rings. The Hall–Kier alpha value is -2.95. The Morgan fingerprint density at radius 2 is 1.93 bits per heavy atom. The third-order valence-electron chi connectivity index (χ3n) is 5.79. The molecule has 5 heteroatoms. The van der Waals surface area contributed by atoms with Gasteiger partial charge in [0.15, 0.2) is 5.78 Å². The van der Waals surface area contributed by atoms with E-state index in [1.807, 2.05) is 60.5 Å². The van der Waals surface area contributed by atoms with Gasteiger partial charge in [0.1, 0.15) is 5.69 Å². The van der Waals surface area contributed by atoms with Gasteiger partial charge in [0.25, 0.3) is 5.91 Å². The zero-order chi connectivity index (χ0) is 20.4. The topological polar surface area (TPSA) is 55.2 Å². The van der Waals surface area contributed by atoms with Crippen LogP contribution >= 0.6 is 0 Å². The molecule has 1 aromatic heterocycles. The van der Waals surface area contributed by atoms with Crippen molar-refractivity contribution in [3.05, 3.63) is 65.5 Å². The summed E-state index contributed by atoms with van der Waals surface area (Å²) in [7, 11) is 1.81. The van der Waals surface area contributed by atoms with Crippen LogP contribution in [0.2, 0.25) is 0 Å². The van der Waals surface area contributed by atoms with Gasteiger partial charge < -0.3 is 4.90 Å². The van der Waals surface area contributed by atoms with Crippen LogP contribution in [0.4, 0.5) is 0 Å². The van der Waals surface area contributed by atoms with Crippen molar-refractivity contribution in [3.8, 4) is 0 Å². The number of piperidine rings is 1. The van der Waals surface area contributed by atoms with Gasteiger partial charge in [-0.3, -0.25) is 14.3 Å². The molecule has 0 saturated carbocycles. The number of Topliss-reactive ketones (excluding diaryl/α,β-unsaturated/α-hetero) is 1. The fraction of sp³-hybridized carbons (Fsp3) is 0.375. The average molecular weight is 389 g/mol. The molecule has 2 aromatic carbocycles. The zero-order valence-electron chi connectivity index (χ0n) is 17.1. The first-order valence-corrected chi connectivity index (χ1v) is 10.4. The lowest BCUT2D eigenvalue weighted by atomic mass is 9.88. The molecule has 0 bridgehead atoms. The van der Waals surface area contributed by atoms with Crippen molar-refractivity contribution < 1.29 is 9.59 Å². The number of fused-ring (bicyclic) bond motifs is 1. The predicted molar refractivity (Wildman–Crippen MR) is 114 cm³/mol. The largest absolute Gasteiger partial charge is 0.337 e. The second-order valence-corrected chi connectivity index (χ2v) is 7.88. The quantitative estimate of drug-likeness (QED) is 0.613. The highest BCUT2D eigenvalue weighted by Gasteiger charge is 2.31. The van der Waals surface area contributed by atoms with Gasteiger partial charge in [-0.25, -0.2) is 0 Å². The van der Waals surface area contributed by atoms with Gasteiger partial charge in [-0.1, -0.05) is 55.8 Å². The monoisotopic (exact) mass is 389 g/mol. The molecule has 150 valence electrons. The van der Waals surface area contributed by atoms with Crippen molar-refractivity contribution in [2.45, 2.75) is 32.6 Å². The van der Waals surface area contributed by atoms with E-state index in [-0.39, 0.29) is 17.6 Å². The molecule has 5 nitrogen and oxygen atoms in total. The molecular formula is C24H27N3O2. The minimum Gasteiger partial charge on any atom is -0.337 e. The van der Waals surface area contributed by atoms with E-state index in [9.17, 15) is 9.59 Å². The maximum atomic E-state index is 13.3. The van der Waals surface area contributed by atoms with Crippen molar-refractivity contribution in [1.82, 2.24) is 14.7 Å². The predicted octanol–water partition coefficient (Wildman–Crippen LogP) is 4.26. The van der Waals surface area contributed by atoms with Crippen molar-refractivity contribution >= 4 is 22.5 Å². The number of aryl methyl sites for hydroxylation is 2. The first-order chi connectivity index (χ1) is 14.1. The first kappa shape index (κ1) is 19.4. The van der Waals surface area contributed by atoms with Crippen molar-refractivity contribution in [2.75, 3.05) is 13.1 Å². The van der Waals surface area contributed by atoms with E-state index < -0.39 is 0 Å². The van der Waals surface area contributed by atoms with Crippen molar-refractivity contribution in [2.24, 2.45) is 13.0 Å². The Bertz CT molecular complexity index is 1050. The van der Waals surface area contributed by atoms with Crippen LogP contribution < -0.4 is 0 Å². The highest BCUT2D eigenvalue weighted by molar-refractivity contribution is 6.09. The highest BCUT2D eigenvalue weighted by Crippen LogP contribution is 2.26. The van der Waals surface area contributed by atoms with Gasteiger partial charge in [-0.15, -0.1) is 0 Å². The molecule has 1 fully saturated rings. The molecule has 0 unspecified atom stereocenters. The second-order valence-electron chi connectivity index (χ2n) is 7.88. The van der Waals surface area contributed by atoms with Crippen molar-refractivity contribution in [1.29, 1.82) is 0 Å². The number of hydrogen-bond donors (Lipinski definition) is 0. The van der Waals surface area contributed by atoms with E-state index in [2.05, 4.69) is 12.0 Å². The number of likely N-dealkylation sites (tertiary alicyclic amines) is 1. The minimum absolute atomic E-state index is 0.0298. The third kappa shape index (κ3) is 3.82. The Morgan fingerprint density at radius 1 is 1.14 bits per heavy atom. The molecule has 2 heterocycles. The molecule has 0 spiro atoms. The summed E-state index contributed by atoms with van der Waals surface area (Å²) in [5, 5.41) is 6.51. The lowest BCUT2D eigenvalue weighted by Gasteiger charge is -2.32. The molecule has 0 aliphatic carbocycles. The van der Waals surface area contributed by atoms with Crippen LogP contribution in [0.15, 0.2) is 48.5 Å². The summed E-state index contributed by atoms with van der Waals surface area (Å²) < 4.78 is 1.67. The van der Waals surface area contributed by atoms with Gasteiger partial charge in [-0.2, -0.15) is 5.10 Å². The summed E-state index contributed by atoms with van der Waals surface area (Å²) >= 11 is 0. The van der Waals surface area contributed by atoms with Gasteiger partial charge >= 0.3 is 0 Å². The number of amides is 1. The third-order valence-corrected chi connectivity index (χ3v) is 5.79. The van der Waals surface area contributed by atoms with Crippen LogP contribution in [0.3, 0.4) is 0 Å².